The number of nitrogens with zero attached hydrogens (tertiary/aromatic N) is 2. The van der Waals surface area contributed by atoms with Crippen molar-refractivity contribution in [1.29, 1.82) is 5.26 Å². The highest BCUT2D eigenvalue weighted by Gasteiger charge is 2.24. The molecule has 1 aliphatic heterocycles. The van der Waals surface area contributed by atoms with Crippen molar-refractivity contribution in [2.75, 3.05) is 19.8 Å². The van der Waals surface area contributed by atoms with Crippen molar-refractivity contribution in [3.05, 3.63) is 70.9 Å². The van der Waals surface area contributed by atoms with Crippen LogP contribution >= 0.6 is 12.4 Å². The van der Waals surface area contributed by atoms with Crippen molar-refractivity contribution in [3.8, 4) is 6.07 Å². The van der Waals surface area contributed by atoms with Crippen LogP contribution in [0, 0.1) is 24.2 Å². The molecule has 0 spiro atoms. The zero-order valence-corrected chi connectivity index (χ0v) is 22.8. The predicted octanol–water partition coefficient (Wildman–Crippen LogP) is 6.05. The molecule has 6 heteroatoms. The van der Waals surface area contributed by atoms with Gasteiger partial charge in [0.05, 0.1) is 11.6 Å². The first-order chi connectivity index (χ1) is 17.6. The van der Waals surface area contributed by atoms with Gasteiger partial charge in [-0.25, -0.2) is 0 Å². The quantitative estimate of drug-likeness (QED) is 0.379. The lowest BCUT2D eigenvalue weighted by molar-refractivity contribution is 0.0616. The maximum Gasteiger partial charge on any atom is 0.0991 e. The lowest BCUT2D eigenvalue weighted by atomic mass is 9.86. The number of ether oxygens (including phenoxy) is 1. The molecule has 37 heavy (non-hydrogen) atoms. The Morgan fingerprint density at radius 1 is 1.08 bits per heavy atom. The normalized spacial score (nSPS) is 21.3. The molecule has 1 unspecified atom stereocenters. The second-order valence-corrected chi connectivity index (χ2v) is 11.0. The summed E-state index contributed by atoms with van der Waals surface area (Å²) in [6, 6.07) is 18.5. The molecular formula is C31H41ClN4O. The minimum absolute atomic E-state index is 0. The first kappa shape index (κ1) is 27.7. The van der Waals surface area contributed by atoms with Gasteiger partial charge in [-0.2, -0.15) is 5.26 Å². The topological polar surface area (TPSA) is 76.0 Å². The van der Waals surface area contributed by atoms with Crippen LogP contribution in [0.5, 0.6) is 0 Å². The third kappa shape index (κ3) is 6.75. The minimum Gasteiger partial charge on any atom is -0.381 e. The molecular weight excluding hydrogens is 480 g/mol. The second-order valence-electron chi connectivity index (χ2n) is 11.0. The van der Waals surface area contributed by atoms with Crippen LogP contribution in [-0.2, 0) is 11.3 Å². The number of benzene rings is 2. The Bertz CT molecular complexity index is 1200. The van der Waals surface area contributed by atoms with E-state index in [0.717, 1.165) is 64.0 Å². The molecule has 3 aromatic rings. The number of halogens is 1. The van der Waals surface area contributed by atoms with Crippen molar-refractivity contribution < 1.29 is 4.74 Å². The molecule has 1 saturated heterocycles. The minimum atomic E-state index is 0. The second kappa shape index (κ2) is 12.9. The van der Waals surface area contributed by atoms with Gasteiger partial charge in [0.2, 0.25) is 0 Å². The van der Waals surface area contributed by atoms with Gasteiger partial charge in [-0.1, -0.05) is 29.8 Å². The van der Waals surface area contributed by atoms with Crippen molar-refractivity contribution in [2.24, 2.45) is 11.7 Å². The SMILES string of the molecule is Cc1cccc(C(CCNC2CCC(N)CC2)c2cn(CC3CCOCC3)c3ccc(C#N)cc23)c1.Cl. The highest BCUT2D eigenvalue weighted by atomic mass is 35.5. The number of fused-ring (bicyclic) bond motifs is 1. The Balaban J connectivity index is 0.00000320. The monoisotopic (exact) mass is 520 g/mol. The zero-order chi connectivity index (χ0) is 24.9. The van der Waals surface area contributed by atoms with Gasteiger partial charge in [0.25, 0.3) is 0 Å². The standard InChI is InChI=1S/C31H40N4O.ClH/c1-22-3-2-4-25(17-22)28(11-14-34-27-8-6-26(33)7-9-27)30-21-35(20-23-12-15-36-16-13-23)31-10-5-24(19-32)18-29(30)31;/h2-5,10,17-18,21,23,26-28,34H,6-9,11-16,20,33H2,1H3;1H. The molecule has 5 nitrogen and oxygen atoms in total. The first-order valence-corrected chi connectivity index (χ1v) is 13.8. The fraction of sp³-hybridized carbons (Fsp3) is 0.516. The Morgan fingerprint density at radius 3 is 2.59 bits per heavy atom. The fourth-order valence-electron chi connectivity index (χ4n) is 6.17. The largest absolute Gasteiger partial charge is 0.381 e. The highest BCUT2D eigenvalue weighted by Crippen LogP contribution is 2.36. The van der Waals surface area contributed by atoms with Crippen molar-refractivity contribution in [2.45, 2.75) is 76.4 Å². The summed E-state index contributed by atoms with van der Waals surface area (Å²) in [5.41, 5.74) is 12.1. The summed E-state index contributed by atoms with van der Waals surface area (Å²) < 4.78 is 8.05. The van der Waals surface area contributed by atoms with Gasteiger partial charge >= 0.3 is 0 Å². The number of aromatic nitrogens is 1. The lowest BCUT2D eigenvalue weighted by Gasteiger charge is -2.28. The van der Waals surface area contributed by atoms with E-state index in [2.05, 4.69) is 65.5 Å². The van der Waals surface area contributed by atoms with Crippen LogP contribution in [0.4, 0.5) is 0 Å². The molecule has 2 aromatic carbocycles. The number of nitrogens with two attached hydrogens (primary N) is 1. The maximum atomic E-state index is 9.66. The van der Waals surface area contributed by atoms with E-state index >= 15 is 0 Å². The molecule has 1 saturated carbocycles. The number of aryl methyl sites for hydroxylation is 1. The number of hydrogen-bond acceptors (Lipinski definition) is 4. The van der Waals surface area contributed by atoms with Crippen LogP contribution < -0.4 is 11.1 Å². The smallest absolute Gasteiger partial charge is 0.0991 e. The van der Waals surface area contributed by atoms with E-state index in [1.165, 1.54) is 40.4 Å². The molecule has 3 N–H and O–H groups in total. The average Bonchev–Trinajstić information content (AvgIpc) is 3.25. The maximum absolute atomic E-state index is 9.66. The van der Waals surface area contributed by atoms with E-state index in [0.29, 0.717) is 18.0 Å². The van der Waals surface area contributed by atoms with Gasteiger partial charge in [-0.3, -0.25) is 0 Å². The van der Waals surface area contributed by atoms with E-state index in [1.807, 2.05) is 6.07 Å². The van der Waals surface area contributed by atoms with E-state index in [4.69, 9.17) is 10.5 Å². The molecule has 0 radical (unpaired) electrons. The van der Waals surface area contributed by atoms with Crippen LogP contribution in [0.25, 0.3) is 10.9 Å². The fourth-order valence-corrected chi connectivity index (χ4v) is 6.17. The Labute approximate surface area is 227 Å². The van der Waals surface area contributed by atoms with E-state index < -0.39 is 0 Å². The predicted molar refractivity (Wildman–Crippen MR) is 153 cm³/mol. The van der Waals surface area contributed by atoms with E-state index in [9.17, 15) is 5.26 Å². The molecule has 0 amide bonds. The molecule has 2 fully saturated rings. The Kier molecular flexibility index (Phi) is 9.67. The highest BCUT2D eigenvalue weighted by molar-refractivity contribution is 5.86. The summed E-state index contributed by atoms with van der Waals surface area (Å²) in [5, 5.41) is 14.7. The molecule has 1 aliphatic carbocycles. The summed E-state index contributed by atoms with van der Waals surface area (Å²) in [7, 11) is 0. The van der Waals surface area contributed by atoms with Gasteiger partial charge in [0, 0.05) is 54.9 Å². The van der Waals surface area contributed by atoms with Gasteiger partial charge in [-0.05, 0) is 93.7 Å². The first-order valence-electron chi connectivity index (χ1n) is 13.8. The molecule has 2 aliphatic rings. The molecule has 2 heterocycles. The molecule has 1 aromatic heterocycles. The molecule has 0 bridgehead atoms. The van der Waals surface area contributed by atoms with Crippen molar-refractivity contribution in [1.82, 2.24) is 9.88 Å². The summed E-state index contributed by atoms with van der Waals surface area (Å²) in [4.78, 5) is 0. The summed E-state index contributed by atoms with van der Waals surface area (Å²) in [6.07, 6.45) is 10.2. The third-order valence-corrected chi connectivity index (χ3v) is 8.29. The van der Waals surface area contributed by atoms with Crippen LogP contribution in [0.1, 0.15) is 73.1 Å². The molecule has 5 rings (SSSR count). The number of rotatable bonds is 8. The van der Waals surface area contributed by atoms with E-state index in [1.54, 1.807) is 0 Å². The number of hydrogen-bond donors (Lipinski definition) is 2. The third-order valence-electron chi connectivity index (χ3n) is 8.29. The van der Waals surface area contributed by atoms with E-state index in [-0.39, 0.29) is 18.3 Å². The summed E-state index contributed by atoms with van der Waals surface area (Å²) >= 11 is 0. The lowest BCUT2D eigenvalue weighted by Crippen LogP contribution is -2.38. The summed E-state index contributed by atoms with van der Waals surface area (Å²) in [6.45, 7) is 5.88. The van der Waals surface area contributed by atoms with Gasteiger partial charge in [0.1, 0.15) is 0 Å². The van der Waals surface area contributed by atoms with Crippen LogP contribution in [0.3, 0.4) is 0 Å². The zero-order valence-electron chi connectivity index (χ0n) is 22.0. The number of nitriles is 1. The van der Waals surface area contributed by atoms with Gasteiger partial charge in [-0.15, -0.1) is 12.4 Å². The average molecular weight is 521 g/mol. The Morgan fingerprint density at radius 2 is 1.86 bits per heavy atom. The van der Waals surface area contributed by atoms with Crippen LogP contribution in [-0.4, -0.2) is 36.4 Å². The van der Waals surface area contributed by atoms with Crippen molar-refractivity contribution in [3.63, 3.8) is 0 Å². The van der Waals surface area contributed by atoms with Crippen LogP contribution in [0.2, 0.25) is 0 Å². The number of nitrogens with one attached hydrogen (secondary N) is 1. The molecule has 198 valence electrons. The Hall–Kier alpha value is -2.36. The van der Waals surface area contributed by atoms with Gasteiger partial charge < -0.3 is 20.4 Å². The van der Waals surface area contributed by atoms with Gasteiger partial charge in [0.15, 0.2) is 0 Å². The summed E-state index contributed by atoms with van der Waals surface area (Å²) in [5.74, 6) is 0.908. The molecule has 1 atom stereocenters. The van der Waals surface area contributed by atoms with Crippen LogP contribution in [0.15, 0.2) is 48.7 Å². The van der Waals surface area contributed by atoms with Crippen molar-refractivity contribution >= 4 is 23.3 Å².